The number of anilines is 1. The highest BCUT2D eigenvalue weighted by atomic mass is 16.3. The predicted molar refractivity (Wildman–Crippen MR) is 80.8 cm³/mol. The highest BCUT2D eigenvalue weighted by molar-refractivity contribution is 5.98. The Balaban J connectivity index is 2.09. The number of rotatable bonds is 5. The topological polar surface area (TPSA) is 93.2 Å². The summed E-state index contributed by atoms with van der Waals surface area (Å²) in [6, 6.07) is 9.32. The number of hydrogen-bond acceptors (Lipinski definition) is 4. The largest absolute Gasteiger partial charge is 0.395 e. The number of aliphatic hydroxyl groups is 1. The van der Waals surface area contributed by atoms with E-state index in [9.17, 15) is 9.90 Å². The number of nitrogens with zero attached hydrogens (tertiary/aromatic N) is 2. The van der Waals surface area contributed by atoms with Gasteiger partial charge in [0.2, 0.25) is 0 Å². The zero-order valence-electron chi connectivity index (χ0n) is 12.2. The molecule has 0 bridgehead atoms. The Morgan fingerprint density at radius 2 is 2.10 bits per heavy atom. The lowest BCUT2D eigenvalue weighted by atomic mass is 10.1. The molecule has 0 aliphatic rings. The highest BCUT2D eigenvalue weighted by Crippen LogP contribution is 2.15. The molecular weight excluding hydrogens is 268 g/mol. The summed E-state index contributed by atoms with van der Waals surface area (Å²) in [5, 5.41) is 16.4. The molecule has 1 aromatic heterocycles. The number of nitrogens with two attached hydrogens (primary N) is 1. The molecule has 2 rings (SSSR count). The van der Waals surface area contributed by atoms with Crippen LogP contribution in [0.3, 0.4) is 0 Å². The summed E-state index contributed by atoms with van der Waals surface area (Å²) in [6.45, 7) is 1.61. The van der Waals surface area contributed by atoms with Crippen molar-refractivity contribution in [3.8, 4) is 0 Å². The van der Waals surface area contributed by atoms with Crippen molar-refractivity contribution in [1.82, 2.24) is 15.1 Å². The summed E-state index contributed by atoms with van der Waals surface area (Å²) < 4.78 is 1.46. The normalized spacial score (nSPS) is 12.1. The monoisotopic (exact) mass is 288 g/mol. The van der Waals surface area contributed by atoms with Crippen LogP contribution in [-0.2, 0) is 13.5 Å². The fourth-order valence-electron chi connectivity index (χ4n) is 2.26. The molecule has 1 atom stereocenters. The number of benzene rings is 1. The second-order valence-electron chi connectivity index (χ2n) is 5.01. The molecule has 1 amide bonds. The standard InChI is InChI=1S/C15H20N4O2/c1-10-13(16)14(19(2)18-10)15(21)17-12(9-20)8-11-6-4-3-5-7-11/h3-7,12,20H,8-9,16H2,1-2H3,(H,17,21)/t12-/m1/s1. The maximum atomic E-state index is 12.3. The minimum atomic E-state index is -0.366. The lowest BCUT2D eigenvalue weighted by Gasteiger charge is -2.16. The lowest BCUT2D eigenvalue weighted by molar-refractivity contribution is 0.0908. The summed E-state index contributed by atoms with van der Waals surface area (Å²) in [5.74, 6) is -0.328. The zero-order valence-corrected chi connectivity index (χ0v) is 12.2. The Bertz CT molecular complexity index is 622. The molecule has 1 heterocycles. The number of nitrogens with one attached hydrogen (secondary N) is 1. The summed E-state index contributed by atoms with van der Waals surface area (Å²) in [5.41, 5.74) is 8.22. The predicted octanol–water partition coefficient (Wildman–Crippen LogP) is 0.644. The molecule has 21 heavy (non-hydrogen) atoms. The van der Waals surface area contributed by atoms with Crippen LogP contribution in [0.4, 0.5) is 5.69 Å². The van der Waals surface area contributed by atoms with E-state index in [1.807, 2.05) is 30.3 Å². The van der Waals surface area contributed by atoms with Gasteiger partial charge in [-0.1, -0.05) is 30.3 Å². The van der Waals surface area contributed by atoms with Crippen LogP contribution in [0, 0.1) is 6.92 Å². The van der Waals surface area contributed by atoms with Gasteiger partial charge in [0, 0.05) is 7.05 Å². The van der Waals surface area contributed by atoms with E-state index >= 15 is 0 Å². The van der Waals surface area contributed by atoms with E-state index in [1.54, 1.807) is 14.0 Å². The number of amides is 1. The summed E-state index contributed by atoms with van der Waals surface area (Å²) in [6.07, 6.45) is 0.555. The highest BCUT2D eigenvalue weighted by Gasteiger charge is 2.20. The van der Waals surface area contributed by atoms with Crippen molar-refractivity contribution in [2.45, 2.75) is 19.4 Å². The van der Waals surface area contributed by atoms with Gasteiger partial charge in [-0.15, -0.1) is 0 Å². The minimum absolute atomic E-state index is 0.141. The Morgan fingerprint density at radius 3 is 2.62 bits per heavy atom. The first kappa shape index (κ1) is 15.1. The van der Waals surface area contributed by atoms with Crippen molar-refractivity contribution in [2.24, 2.45) is 7.05 Å². The first-order chi connectivity index (χ1) is 10.0. The van der Waals surface area contributed by atoms with Gasteiger partial charge in [-0.05, 0) is 18.9 Å². The molecule has 6 nitrogen and oxygen atoms in total. The first-order valence-electron chi connectivity index (χ1n) is 6.77. The molecule has 0 saturated carbocycles. The Morgan fingerprint density at radius 1 is 1.43 bits per heavy atom. The van der Waals surface area contributed by atoms with Crippen LogP contribution >= 0.6 is 0 Å². The number of aromatic nitrogens is 2. The van der Waals surface area contributed by atoms with E-state index in [2.05, 4.69) is 10.4 Å². The molecule has 1 aromatic carbocycles. The Hall–Kier alpha value is -2.34. The molecule has 2 aromatic rings. The van der Waals surface area contributed by atoms with Gasteiger partial charge >= 0.3 is 0 Å². The van der Waals surface area contributed by atoms with Gasteiger partial charge in [-0.2, -0.15) is 5.10 Å². The van der Waals surface area contributed by atoms with Crippen LogP contribution in [0.1, 0.15) is 21.7 Å². The molecule has 0 aliphatic heterocycles. The van der Waals surface area contributed by atoms with Crippen molar-refractivity contribution in [2.75, 3.05) is 12.3 Å². The number of carbonyl (C=O) groups is 1. The smallest absolute Gasteiger partial charge is 0.272 e. The van der Waals surface area contributed by atoms with Crippen molar-refractivity contribution in [1.29, 1.82) is 0 Å². The molecule has 6 heteroatoms. The van der Waals surface area contributed by atoms with Crippen molar-refractivity contribution in [3.05, 3.63) is 47.3 Å². The Labute approximate surface area is 123 Å². The number of carbonyl (C=O) groups excluding carboxylic acids is 1. The molecule has 0 fully saturated rings. The lowest BCUT2D eigenvalue weighted by Crippen LogP contribution is -2.40. The van der Waals surface area contributed by atoms with Crippen LogP contribution in [0.15, 0.2) is 30.3 Å². The van der Waals surface area contributed by atoms with Gasteiger partial charge in [-0.3, -0.25) is 9.48 Å². The van der Waals surface area contributed by atoms with E-state index in [0.717, 1.165) is 5.56 Å². The maximum absolute atomic E-state index is 12.3. The maximum Gasteiger partial charge on any atom is 0.272 e. The molecular formula is C15H20N4O2. The van der Waals surface area contributed by atoms with Crippen molar-refractivity contribution in [3.63, 3.8) is 0 Å². The fraction of sp³-hybridized carbons (Fsp3) is 0.333. The quantitative estimate of drug-likeness (QED) is 0.753. The van der Waals surface area contributed by atoms with Crippen LogP contribution in [0.5, 0.6) is 0 Å². The SMILES string of the molecule is Cc1nn(C)c(C(=O)N[C@@H](CO)Cc2ccccc2)c1N. The van der Waals surface area contributed by atoms with Gasteiger partial charge in [0.25, 0.3) is 5.91 Å². The average Bonchev–Trinajstić information content (AvgIpc) is 2.72. The van der Waals surface area contributed by atoms with Crippen LogP contribution in [0.25, 0.3) is 0 Å². The summed E-state index contributed by atoms with van der Waals surface area (Å²) >= 11 is 0. The van der Waals surface area contributed by atoms with Gasteiger partial charge in [0.05, 0.1) is 24.0 Å². The van der Waals surface area contributed by atoms with Crippen LogP contribution in [0.2, 0.25) is 0 Å². The molecule has 0 unspecified atom stereocenters. The molecule has 0 aliphatic carbocycles. The van der Waals surface area contributed by atoms with Gasteiger partial charge in [-0.25, -0.2) is 0 Å². The van der Waals surface area contributed by atoms with Gasteiger partial charge in [0.1, 0.15) is 5.69 Å². The second-order valence-corrected chi connectivity index (χ2v) is 5.01. The van der Waals surface area contributed by atoms with E-state index in [-0.39, 0.29) is 18.6 Å². The third-order valence-electron chi connectivity index (χ3n) is 3.36. The van der Waals surface area contributed by atoms with Crippen molar-refractivity contribution >= 4 is 11.6 Å². The van der Waals surface area contributed by atoms with Crippen LogP contribution < -0.4 is 11.1 Å². The molecule has 0 radical (unpaired) electrons. The van der Waals surface area contributed by atoms with Crippen molar-refractivity contribution < 1.29 is 9.90 Å². The molecule has 4 N–H and O–H groups in total. The first-order valence-corrected chi connectivity index (χ1v) is 6.77. The van der Waals surface area contributed by atoms with Gasteiger partial charge in [0.15, 0.2) is 0 Å². The van der Waals surface area contributed by atoms with E-state index < -0.39 is 0 Å². The number of nitrogen functional groups attached to an aromatic ring is 1. The Kier molecular flexibility index (Phi) is 4.59. The third-order valence-corrected chi connectivity index (χ3v) is 3.36. The minimum Gasteiger partial charge on any atom is -0.395 e. The van der Waals surface area contributed by atoms with E-state index in [4.69, 9.17) is 5.73 Å². The molecule has 112 valence electrons. The zero-order chi connectivity index (χ0) is 15.4. The number of aryl methyl sites for hydroxylation is 2. The van der Waals surface area contributed by atoms with Gasteiger partial charge < -0.3 is 16.2 Å². The summed E-state index contributed by atoms with van der Waals surface area (Å²) in [4.78, 5) is 12.3. The van der Waals surface area contributed by atoms with E-state index in [0.29, 0.717) is 23.5 Å². The fourth-order valence-corrected chi connectivity index (χ4v) is 2.26. The van der Waals surface area contributed by atoms with E-state index in [1.165, 1.54) is 4.68 Å². The average molecular weight is 288 g/mol. The number of hydrogen-bond donors (Lipinski definition) is 3. The molecule has 0 spiro atoms. The number of aliphatic hydroxyl groups excluding tert-OH is 1. The summed E-state index contributed by atoms with van der Waals surface area (Å²) in [7, 11) is 1.67. The molecule has 0 saturated heterocycles. The third kappa shape index (κ3) is 3.41. The van der Waals surface area contributed by atoms with Crippen LogP contribution in [-0.4, -0.2) is 33.4 Å². The second kappa shape index (κ2) is 6.41.